The number of piperazine rings is 1. The van der Waals surface area contributed by atoms with Crippen molar-refractivity contribution in [2.24, 2.45) is 5.73 Å². The van der Waals surface area contributed by atoms with Crippen LogP contribution in [0, 0.1) is 11.6 Å². The molecular formula is C24H24BF2N5O8. The number of imide groups is 1. The first-order chi connectivity index (χ1) is 19.0. The predicted octanol–water partition coefficient (Wildman–Crippen LogP) is -0.817. The van der Waals surface area contributed by atoms with Gasteiger partial charge >= 0.3 is 30.9 Å². The molecule has 40 heavy (non-hydrogen) atoms. The maximum absolute atomic E-state index is 14.7. The van der Waals surface area contributed by atoms with Crippen molar-refractivity contribution in [2.45, 2.75) is 18.4 Å². The van der Waals surface area contributed by atoms with Gasteiger partial charge in [0.15, 0.2) is 0 Å². The molecule has 2 aliphatic rings. The van der Waals surface area contributed by atoms with Crippen LogP contribution in [-0.4, -0.2) is 88.9 Å². The second-order valence-corrected chi connectivity index (χ2v) is 8.98. The molecule has 0 spiro atoms. The summed E-state index contributed by atoms with van der Waals surface area (Å²) in [6.45, 7) is -0.140. The van der Waals surface area contributed by atoms with Gasteiger partial charge in [0.1, 0.15) is 23.4 Å². The van der Waals surface area contributed by atoms with Crippen LogP contribution in [0.25, 0.3) is 0 Å². The van der Waals surface area contributed by atoms with E-state index >= 15 is 0 Å². The Bertz CT molecular complexity index is 1360. The third kappa shape index (κ3) is 5.57. The summed E-state index contributed by atoms with van der Waals surface area (Å²) in [6, 6.07) is 3.66. The minimum atomic E-state index is -2.04. The molecule has 4 rings (SSSR count). The molecule has 1 fully saturated rings. The Morgan fingerprint density at radius 1 is 1.10 bits per heavy atom. The number of nitrogens with one attached hydrogen (secondary N) is 2. The van der Waals surface area contributed by atoms with Crippen LogP contribution in [0.3, 0.4) is 0 Å². The van der Waals surface area contributed by atoms with Crippen LogP contribution in [0.5, 0.6) is 5.75 Å². The SMILES string of the molecule is NCCN1CCN(C(=O)N[C@@H](C(=O)N[C@H]2Cc3cccc(C(=O)O)c3OB2O)c2c(F)cccc2F)C(=O)C1=O. The van der Waals surface area contributed by atoms with Gasteiger partial charge in [-0.3, -0.25) is 19.3 Å². The molecule has 5 amide bonds. The number of nitrogens with zero attached hydrogens (tertiary/aromatic N) is 2. The lowest BCUT2D eigenvalue weighted by Crippen LogP contribution is -2.60. The van der Waals surface area contributed by atoms with E-state index in [0.29, 0.717) is 10.5 Å². The number of carbonyl (C=O) groups is 5. The van der Waals surface area contributed by atoms with E-state index in [1.807, 2.05) is 0 Å². The number of carbonyl (C=O) groups excluding carboxylic acids is 4. The molecule has 2 aromatic rings. The number of halogens is 2. The maximum Gasteiger partial charge on any atom is 0.547 e. The number of nitrogens with two attached hydrogens (primary N) is 1. The molecular weight excluding hydrogens is 535 g/mol. The molecule has 2 aromatic carbocycles. The Hall–Kier alpha value is -4.57. The molecule has 0 unspecified atom stereocenters. The fourth-order valence-electron chi connectivity index (χ4n) is 4.48. The smallest absolute Gasteiger partial charge is 0.534 e. The number of amides is 5. The van der Waals surface area contributed by atoms with Gasteiger partial charge in [0.05, 0.1) is 17.1 Å². The number of para-hydroxylation sites is 1. The highest BCUT2D eigenvalue weighted by Crippen LogP contribution is 2.30. The van der Waals surface area contributed by atoms with Crippen LogP contribution in [0.15, 0.2) is 36.4 Å². The van der Waals surface area contributed by atoms with Gasteiger partial charge < -0.3 is 36.1 Å². The van der Waals surface area contributed by atoms with Crippen LogP contribution in [-0.2, 0) is 20.8 Å². The van der Waals surface area contributed by atoms with Gasteiger partial charge in [-0.15, -0.1) is 0 Å². The summed E-state index contributed by atoms with van der Waals surface area (Å²) in [5.41, 5.74) is 4.68. The molecule has 1 saturated heterocycles. The molecule has 0 aromatic heterocycles. The van der Waals surface area contributed by atoms with E-state index in [4.69, 9.17) is 10.4 Å². The van der Waals surface area contributed by atoms with Crippen LogP contribution in [0.1, 0.15) is 27.5 Å². The minimum absolute atomic E-state index is 0.0382. The molecule has 16 heteroatoms. The third-order valence-electron chi connectivity index (χ3n) is 6.45. The molecule has 2 aliphatic heterocycles. The monoisotopic (exact) mass is 559 g/mol. The summed E-state index contributed by atoms with van der Waals surface area (Å²) in [5.74, 6) is -8.40. The summed E-state index contributed by atoms with van der Waals surface area (Å²) in [6.07, 6.45) is -0.125. The summed E-state index contributed by atoms with van der Waals surface area (Å²) >= 11 is 0. The summed E-state index contributed by atoms with van der Waals surface area (Å²) in [7, 11) is -1.76. The van der Waals surface area contributed by atoms with E-state index in [0.717, 1.165) is 23.1 Å². The van der Waals surface area contributed by atoms with Crippen molar-refractivity contribution >= 4 is 36.8 Å². The highest BCUT2D eigenvalue weighted by atomic mass is 19.1. The van der Waals surface area contributed by atoms with Crippen molar-refractivity contribution in [3.05, 3.63) is 64.7 Å². The average molecular weight is 559 g/mol. The largest absolute Gasteiger partial charge is 0.547 e. The molecule has 0 saturated carbocycles. The van der Waals surface area contributed by atoms with Crippen molar-refractivity contribution in [3.63, 3.8) is 0 Å². The number of hydrogen-bond donors (Lipinski definition) is 5. The Morgan fingerprint density at radius 2 is 1.77 bits per heavy atom. The maximum atomic E-state index is 14.7. The van der Waals surface area contributed by atoms with Gasteiger partial charge in [-0.05, 0) is 30.2 Å². The number of urea groups is 1. The van der Waals surface area contributed by atoms with Crippen LogP contribution < -0.4 is 21.0 Å². The number of carboxylic acids is 1. The zero-order chi connectivity index (χ0) is 29.1. The average Bonchev–Trinajstić information content (AvgIpc) is 2.90. The number of aromatic carboxylic acids is 1. The van der Waals surface area contributed by atoms with Gasteiger partial charge in [0.25, 0.3) is 0 Å². The lowest BCUT2D eigenvalue weighted by Gasteiger charge is -2.33. The van der Waals surface area contributed by atoms with E-state index < -0.39 is 66.0 Å². The molecule has 2 atom stereocenters. The highest BCUT2D eigenvalue weighted by molar-refractivity contribution is 6.47. The first-order valence-electron chi connectivity index (χ1n) is 12.1. The minimum Gasteiger partial charge on any atom is -0.534 e. The van der Waals surface area contributed by atoms with Crippen molar-refractivity contribution in [1.29, 1.82) is 0 Å². The van der Waals surface area contributed by atoms with E-state index in [1.54, 1.807) is 0 Å². The van der Waals surface area contributed by atoms with E-state index in [-0.39, 0.29) is 43.9 Å². The van der Waals surface area contributed by atoms with Crippen molar-refractivity contribution in [3.8, 4) is 5.75 Å². The summed E-state index contributed by atoms with van der Waals surface area (Å²) in [4.78, 5) is 64.3. The number of benzene rings is 2. The van der Waals surface area contributed by atoms with Gasteiger partial charge in [0.2, 0.25) is 5.91 Å². The Kier molecular flexibility index (Phi) is 8.30. The normalized spacial score (nSPS) is 17.6. The van der Waals surface area contributed by atoms with E-state index in [2.05, 4.69) is 10.6 Å². The second kappa shape index (κ2) is 11.7. The quantitative estimate of drug-likeness (QED) is 0.213. The van der Waals surface area contributed by atoms with Crippen LogP contribution in [0.2, 0.25) is 0 Å². The van der Waals surface area contributed by atoms with Crippen LogP contribution in [0.4, 0.5) is 13.6 Å². The third-order valence-corrected chi connectivity index (χ3v) is 6.45. The highest BCUT2D eigenvalue weighted by Gasteiger charge is 2.42. The fourth-order valence-corrected chi connectivity index (χ4v) is 4.48. The number of rotatable bonds is 7. The number of carboxylic acid groups (broad SMARTS) is 1. The molecule has 2 heterocycles. The zero-order valence-electron chi connectivity index (χ0n) is 20.8. The fraction of sp³-hybridized carbons (Fsp3) is 0.292. The topological polar surface area (TPSA) is 192 Å². The van der Waals surface area contributed by atoms with Gasteiger partial charge in [0, 0.05) is 26.2 Å². The standard InChI is InChI=1S/C24H24BF2N5O8/c26-14-5-2-6-15(27)17(14)18(30-24(38)32-10-9-31(8-7-28)21(34)22(32)35)20(33)29-16-11-12-3-1-4-13(23(36)37)19(12)40-25(16)39/h1-6,16,18,39H,7-11,28H2,(H,29,33)(H,30,38)(H,36,37)/t16-,18+/m0/s1. The first kappa shape index (κ1) is 28.4. The molecule has 0 bridgehead atoms. The number of hydrogen-bond acceptors (Lipinski definition) is 8. The molecule has 0 radical (unpaired) electrons. The predicted molar refractivity (Wildman–Crippen MR) is 133 cm³/mol. The van der Waals surface area contributed by atoms with Gasteiger partial charge in [-0.1, -0.05) is 18.2 Å². The first-order valence-corrected chi connectivity index (χ1v) is 12.1. The summed E-state index contributed by atoms with van der Waals surface area (Å²) < 4.78 is 34.8. The van der Waals surface area contributed by atoms with Crippen molar-refractivity contribution in [2.75, 3.05) is 26.2 Å². The van der Waals surface area contributed by atoms with Crippen LogP contribution >= 0.6 is 0 Å². The van der Waals surface area contributed by atoms with E-state index in [9.17, 15) is 42.9 Å². The van der Waals surface area contributed by atoms with E-state index in [1.165, 1.54) is 18.2 Å². The molecule has 0 aliphatic carbocycles. The second-order valence-electron chi connectivity index (χ2n) is 8.98. The number of fused-ring (bicyclic) bond motifs is 1. The van der Waals surface area contributed by atoms with Gasteiger partial charge in [-0.25, -0.2) is 18.4 Å². The summed E-state index contributed by atoms with van der Waals surface area (Å²) in [5, 5.41) is 24.3. The van der Waals surface area contributed by atoms with Gasteiger partial charge in [-0.2, -0.15) is 0 Å². The molecule has 6 N–H and O–H groups in total. The Labute approximate surface area is 226 Å². The van der Waals surface area contributed by atoms with Crippen molar-refractivity contribution in [1.82, 2.24) is 20.4 Å². The molecule has 13 nitrogen and oxygen atoms in total. The Morgan fingerprint density at radius 3 is 2.42 bits per heavy atom. The molecule has 210 valence electrons. The Balaban J connectivity index is 1.58. The van der Waals surface area contributed by atoms with Crippen molar-refractivity contribution < 1.29 is 47.5 Å². The zero-order valence-corrected chi connectivity index (χ0v) is 20.8. The lowest BCUT2D eigenvalue weighted by atomic mass is 9.72. The lowest BCUT2D eigenvalue weighted by molar-refractivity contribution is -0.153.